The number of benzene rings is 2. The van der Waals surface area contributed by atoms with E-state index in [1.54, 1.807) is 62.6 Å². The van der Waals surface area contributed by atoms with E-state index in [4.69, 9.17) is 20.8 Å². The van der Waals surface area contributed by atoms with E-state index in [1.165, 1.54) is 9.70 Å². The fourth-order valence-electron chi connectivity index (χ4n) is 3.97. The van der Waals surface area contributed by atoms with Crippen LogP contribution in [0, 0.1) is 6.92 Å². The van der Waals surface area contributed by atoms with Crippen LogP contribution < -0.4 is 10.1 Å². The summed E-state index contributed by atoms with van der Waals surface area (Å²) in [6.45, 7) is 7.19. The predicted octanol–water partition coefficient (Wildman–Crippen LogP) is 4.59. The van der Waals surface area contributed by atoms with Gasteiger partial charge in [-0.1, -0.05) is 29.8 Å². The van der Waals surface area contributed by atoms with E-state index in [0.717, 1.165) is 5.56 Å². The van der Waals surface area contributed by atoms with Crippen LogP contribution in [-0.2, 0) is 22.7 Å². The van der Waals surface area contributed by atoms with Crippen LogP contribution in [0.3, 0.4) is 0 Å². The smallest absolute Gasteiger partial charge is 0.251 e. The standard InChI is InChI=1S/C28H31ClN6O4/c1-18-10-15-23(39-18)25(27(37)30-28(2,3)4)34(16-20-8-6-7-9-22(20)29)24(36)17-35-32-26(31-33-35)19-11-13-21(38-5)14-12-19/h6-15,25H,16-17H2,1-5H3,(H,30,37)/t25-/m0/s1. The number of tetrazole rings is 1. The topological polar surface area (TPSA) is 115 Å². The van der Waals surface area contributed by atoms with Crippen LogP contribution in [0.4, 0.5) is 0 Å². The van der Waals surface area contributed by atoms with Crippen LogP contribution in [0.25, 0.3) is 11.4 Å². The average Bonchev–Trinajstić information content (AvgIpc) is 3.53. The Morgan fingerprint density at radius 2 is 1.82 bits per heavy atom. The summed E-state index contributed by atoms with van der Waals surface area (Å²) in [4.78, 5) is 30.1. The van der Waals surface area contributed by atoms with Gasteiger partial charge in [-0.2, -0.15) is 4.80 Å². The summed E-state index contributed by atoms with van der Waals surface area (Å²) in [6.07, 6.45) is 0. The molecule has 0 saturated heterocycles. The van der Waals surface area contributed by atoms with Crippen LogP contribution in [0.5, 0.6) is 5.75 Å². The van der Waals surface area contributed by atoms with E-state index >= 15 is 0 Å². The van der Waals surface area contributed by atoms with Gasteiger partial charge in [0, 0.05) is 22.7 Å². The van der Waals surface area contributed by atoms with Crippen molar-refractivity contribution in [3.63, 3.8) is 0 Å². The maximum absolute atomic E-state index is 13.9. The van der Waals surface area contributed by atoms with Crippen molar-refractivity contribution >= 4 is 23.4 Å². The van der Waals surface area contributed by atoms with E-state index in [9.17, 15) is 9.59 Å². The van der Waals surface area contributed by atoms with Gasteiger partial charge < -0.3 is 19.4 Å². The molecule has 11 heteroatoms. The highest BCUT2D eigenvalue weighted by Crippen LogP contribution is 2.28. The first-order valence-corrected chi connectivity index (χ1v) is 12.8. The summed E-state index contributed by atoms with van der Waals surface area (Å²) in [5.74, 6) is 1.20. The number of carbonyl (C=O) groups excluding carboxylic acids is 2. The normalized spacial score (nSPS) is 12.2. The van der Waals surface area contributed by atoms with Gasteiger partial charge in [-0.05, 0) is 80.9 Å². The van der Waals surface area contributed by atoms with Crippen molar-refractivity contribution in [3.05, 3.63) is 82.8 Å². The van der Waals surface area contributed by atoms with Gasteiger partial charge in [-0.15, -0.1) is 10.2 Å². The maximum atomic E-state index is 13.9. The van der Waals surface area contributed by atoms with Crippen molar-refractivity contribution in [2.24, 2.45) is 0 Å². The van der Waals surface area contributed by atoms with Gasteiger partial charge in [-0.3, -0.25) is 9.59 Å². The van der Waals surface area contributed by atoms with E-state index in [2.05, 4.69) is 20.7 Å². The lowest BCUT2D eigenvalue weighted by atomic mass is 10.1. The van der Waals surface area contributed by atoms with E-state index in [0.29, 0.717) is 33.7 Å². The molecule has 2 heterocycles. The molecule has 1 N–H and O–H groups in total. The van der Waals surface area contributed by atoms with Crippen LogP contribution >= 0.6 is 11.6 Å². The number of aromatic nitrogens is 4. The second-order valence-corrected chi connectivity index (χ2v) is 10.5. The van der Waals surface area contributed by atoms with Crippen molar-refractivity contribution < 1.29 is 18.7 Å². The van der Waals surface area contributed by atoms with Crippen molar-refractivity contribution in [1.29, 1.82) is 0 Å². The largest absolute Gasteiger partial charge is 0.497 e. The molecule has 4 aromatic rings. The summed E-state index contributed by atoms with van der Waals surface area (Å²) in [6, 6.07) is 16.7. The highest BCUT2D eigenvalue weighted by Gasteiger charge is 2.36. The number of ether oxygens (including phenoxy) is 1. The lowest BCUT2D eigenvalue weighted by molar-refractivity contribution is -0.143. The Morgan fingerprint density at radius 1 is 1.10 bits per heavy atom. The lowest BCUT2D eigenvalue weighted by Gasteiger charge is -2.32. The van der Waals surface area contributed by atoms with Gasteiger partial charge in [0.05, 0.1) is 7.11 Å². The Hall–Kier alpha value is -4.18. The van der Waals surface area contributed by atoms with Crippen LogP contribution in [-0.4, -0.2) is 49.6 Å². The average molecular weight is 551 g/mol. The highest BCUT2D eigenvalue weighted by molar-refractivity contribution is 6.31. The number of methoxy groups -OCH3 is 1. The summed E-state index contributed by atoms with van der Waals surface area (Å²) in [7, 11) is 1.59. The number of carbonyl (C=O) groups is 2. The lowest BCUT2D eigenvalue weighted by Crippen LogP contribution is -2.49. The molecule has 1 atom stereocenters. The number of rotatable bonds is 9. The van der Waals surface area contributed by atoms with Gasteiger partial charge in [0.2, 0.25) is 11.7 Å². The molecule has 0 unspecified atom stereocenters. The molecular weight excluding hydrogens is 520 g/mol. The summed E-state index contributed by atoms with van der Waals surface area (Å²) in [5, 5.41) is 16.0. The molecule has 0 radical (unpaired) electrons. The van der Waals surface area contributed by atoms with Crippen molar-refractivity contribution in [2.75, 3.05) is 7.11 Å². The Bertz CT molecular complexity index is 1440. The van der Waals surface area contributed by atoms with Gasteiger partial charge in [0.25, 0.3) is 5.91 Å². The number of halogens is 1. The fraction of sp³-hybridized carbons (Fsp3) is 0.321. The molecular formula is C28H31ClN6O4. The number of nitrogens with zero attached hydrogens (tertiary/aromatic N) is 5. The number of furan rings is 1. The second kappa shape index (κ2) is 11.7. The number of hydrogen-bond donors (Lipinski definition) is 1. The predicted molar refractivity (Wildman–Crippen MR) is 146 cm³/mol. The minimum Gasteiger partial charge on any atom is -0.497 e. The summed E-state index contributed by atoms with van der Waals surface area (Å²) in [5.41, 5.74) is 0.849. The summed E-state index contributed by atoms with van der Waals surface area (Å²) >= 11 is 6.46. The Kier molecular flexibility index (Phi) is 8.35. The van der Waals surface area contributed by atoms with Crippen LogP contribution in [0.1, 0.15) is 43.9 Å². The zero-order valence-electron chi connectivity index (χ0n) is 22.5. The third-order valence-electron chi connectivity index (χ3n) is 5.79. The zero-order chi connectivity index (χ0) is 28.2. The molecule has 2 aromatic carbocycles. The molecule has 0 bridgehead atoms. The molecule has 204 valence electrons. The first kappa shape index (κ1) is 27.8. The van der Waals surface area contributed by atoms with Gasteiger partial charge in [0.1, 0.15) is 23.8 Å². The van der Waals surface area contributed by atoms with Gasteiger partial charge in [0.15, 0.2) is 6.04 Å². The Balaban J connectivity index is 1.68. The van der Waals surface area contributed by atoms with E-state index in [1.807, 2.05) is 32.9 Å². The highest BCUT2D eigenvalue weighted by atomic mass is 35.5. The Morgan fingerprint density at radius 3 is 2.44 bits per heavy atom. The molecule has 0 aliphatic rings. The minimum atomic E-state index is -1.06. The molecule has 0 aliphatic heterocycles. The molecule has 0 saturated carbocycles. The SMILES string of the molecule is COc1ccc(-c2nnn(CC(=O)N(Cc3ccccc3Cl)[C@H](C(=O)NC(C)(C)C)c3ccc(C)o3)n2)cc1. The molecule has 0 aliphatic carbocycles. The monoisotopic (exact) mass is 550 g/mol. The number of amides is 2. The van der Waals surface area contributed by atoms with E-state index in [-0.39, 0.29) is 19.0 Å². The van der Waals surface area contributed by atoms with Crippen molar-refractivity contribution in [1.82, 2.24) is 30.4 Å². The molecule has 0 fully saturated rings. The third kappa shape index (κ3) is 7.02. The molecule has 2 aromatic heterocycles. The van der Waals surface area contributed by atoms with Crippen LogP contribution in [0.15, 0.2) is 65.1 Å². The number of hydrogen-bond acceptors (Lipinski definition) is 7. The third-order valence-corrected chi connectivity index (χ3v) is 6.15. The first-order valence-electron chi connectivity index (χ1n) is 12.4. The molecule has 4 rings (SSSR count). The van der Waals surface area contributed by atoms with Crippen molar-refractivity contribution in [3.8, 4) is 17.1 Å². The Labute approximate surface area is 231 Å². The second-order valence-electron chi connectivity index (χ2n) is 10.1. The summed E-state index contributed by atoms with van der Waals surface area (Å²) < 4.78 is 11.1. The number of aryl methyl sites for hydroxylation is 1. The first-order chi connectivity index (χ1) is 18.5. The number of nitrogens with one attached hydrogen (secondary N) is 1. The van der Waals surface area contributed by atoms with Gasteiger partial charge in [-0.25, -0.2) is 0 Å². The van der Waals surface area contributed by atoms with Gasteiger partial charge >= 0.3 is 0 Å². The molecule has 39 heavy (non-hydrogen) atoms. The van der Waals surface area contributed by atoms with Crippen LogP contribution in [0.2, 0.25) is 5.02 Å². The van der Waals surface area contributed by atoms with E-state index < -0.39 is 17.5 Å². The molecule has 0 spiro atoms. The molecule has 10 nitrogen and oxygen atoms in total. The molecule has 2 amide bonds. The minimum absolute atomic E-state index is 0.0561. The zero-order valence-corrected chi connectivity index (χ0v) is 23.3. The van der Waals surface area contributed by atoms with Crippen molar-refractivity contribution in [2.45, 2.75) is 52.4 Å². The fourth-order valence-corrected chi connectivity index (χ4v) is 4.17. The quantitative estimate of drug-likeness (QED) is 0.324. The maximum Gasteiger partial charge on any atom is 0.251 e.